The highest BCUT2D eigenvalue weighted by atomic mass is 19.4. The van der Waals surface area contributed by atoms with E-state index in [1.54, 1.807) is 13.8 Å². The number of alkyl halides is 6. The summed E-state index contributed by atoms with van der Waals surface area (Å²) < 4.78 is 93.7. The Kier molecular flexibility index (Phi) is 10.3. The molecule has 0 saturated carbocycles. The maximum absolute atomic E-state index is 13.7. The second kappa shape index (κ2) is 14.4. The Labute approximate surface area is 315 Å². The molecular formula is C43H40F6NO5-. The van der Waals surface area contributed by atoms with Gasteiger partial charge in [0.25, 0.3) is 0 Å². The minimum Gasteiger partial charge on any atom is -0.545 e. The van der Waals surface area contributed by atoms with Gasteiger partial charge in [-0.25, -0.2) is 4.79 Å². The van der Waals surface area contributed by atoms with Crippen molar-refractivity contribution in [3.8, 4) is 28.0 Å². The second-order valence-corrected chi connectivity index (χ2v) is 15.1. The van der Waals surface area contributed by atoms with Crippen molar-refractivity contribution in [2.75, 3.05) is 13.7 Å². The molecule has 6 rings (SSSR count). The van der Waals surface area contributed by atoms with Crippen molar-refractivity contribution < 1.29 is 50.5 Å². The molecule has 290 valence electrons. The molecule has 6 nitrogen and oxygen atoms in total. The summed E-state index contributed by atoms with van der Waals surface area (Å²) in [6.07, 6.45) is -10.5. The highest BCUT2D eigenvalue weighted by Crippen LogP contribution is 2.48. The smallest absolute Gasteiger partial charge is 0.416 e. The van der Waals surface area contributed by atoms with Gasteiger partial charge in [-0.1, -0.05) is 56.3 Å². The van der Waals surface area contributed by atoms with Crippen molar-refractivity contribution in [1.82, 2.24) is 4.90 Å². The first kappa shape index (κ1) is 39.4. The summed E-state index contributed by atoms with van der Waals surface area (Å²) in [5.74, 6) is -0.731. The topological polar surface area (TPSA) is 78.9 Å². The SMILES string of the molecule is COc1ccc(-c2cc(C)c(C(=O)[O-])c(-c3ccccc3)c2C)cc1C1=C(CN2C(=O)O[C@@H](c3cc(C(F)(F)F)cc(C(F)(F)F)c3)[C@H]2C)CC(C)(C)CC1. The van der Waals surface area contributed by atoms with Crippen LogP contribution in [0, 0.1) is 19.3 Å². The summed E-state index contributed by atoms with van der Waals surface area (Å²) in [4.78, 5) is 27.2. The van der Waals surface area contributed by atoms with Crippen molar-refractivity contribution in [2.24, 2.45) is 5.41 Å². The molecule has 2 atom stereocenters. The van der Waals surface area contributed by atoms with Crippen LogP contribution in [0.3, 0.4) is 0 Å². The Morgan fingerprint density at radius 1 is 0.909 bits per heavy atom. The molecule has 1 fully saturated rings. The van der Waals surface area contributed by atoms with Gasteiger partial charge in [-0.05, 0) is 126 Å². The van der Waals surface area contributed by atoms with E-state index in [9.17, 15) is 41.0 Å². The van der Waals surface area contributed by atoms with Crippen LogP contribution in [-0.4, -0.2) is 36.7 Å². The lowest BCUT2D eigenvalue weighted by Gasteiger charge is -2.36. The lowest BCUT2D eigenvalue weighted by atomic mass is 9.72. The predicted octanol–water partition coefficient (Wildman–Crippen LogP) is 10.6. The Balaban J connectivity index is 1.44. The minimum absolute atomic E-state index is 0.0182. The van der Waals surface area contributed by atoms with Crippen molar-refractivity contribution >= 4 is 17.6 Å². The van der Waals surface area contributed by atoms with Crippen LogP contribution < -0.4 is 9.84 Å². The van der Waals surface area contributed by atoms with Crippen LogP contribution in [0.4, 0.5) is 31.1 Å². The van der Waals surface area contributed by atoms with Gasteiger partial charge in [0.1, 0.15) is 11.9 Å². The van der Waals surface area contributed by atoms with E-state index in [1.165, 1.54) is 12.0 Å². The van der Waals surface area contributed by atoms with Gasteiger partial charge in [-0.2, -0.15) is 26.3 Å². The molecular weight excluding hydrogens is 724 g/mol. The van der Waals surface area contributed by atoms with Gasteiger partial charge < -0.3 is 19.4 Å². The number of hydrogen-bond donors (Lipinski definition) is 0. The fourth-order valence-electron chi connectivity index (χ4n) is 7.95. The summed E-state index contributed by atoms with van der Waals surface area (Å²) in [7, 11) is 1.54. The number of aromatic carboxylic acids is 1. The van der Waals surface area contributed by atoms with E-state index >= 15 is 0 Å². The number of halogens is 6. The molecule has 0 spiro atoms. The van der Waals surface area contributed by atoms with Crippen LogP contribution in [-0.2, 0) is 17.1 Å². The number of ether oxygens (including phenoxy) is 2. The monoisotopic (exact) mass is 764 g/mol. The molecule has 1 heterocycles. The van der Waals surface area contributed by atoms with E-state index in [4.69, 9.17) is 9.47 Å². The zero-order valence-electron chi connectivity index (χ0n) is 31.2. The number of aryl methyl sites for hydroxylation is 1. The van der Waals surface area contributed by atoms with Crippen molar-refractivity contribution in [2.45, 2.75) is 78.4 Å². The zero-order chi connectivity index (χ0) is 40.2. The summed E-state index contributed by atoms with van der Waals surface area (Å²) in [6, 6.07) is 17.0. The van der Waals surface area contributed by atoms with Gasteiger partial charge >= 0.3 is 18.4 Å². The third-order valence-corrected chi connectivity index (χ3v) is 10.7. The number of carbonyl (C=O) groups is 2. The fourth-order valence-corrected chi connectivity index (χ4v) is 7.95. The lowest BCUT2D eigenvalue weighted by Crippen LogP contribution is -2.35. The number of benzene rings is 4. The van der Waals surface area contributed by atoms with E-state index in [-0.39, 0.29) is 23.6 Å². The third kappa shape index (κ3) is 7.81. The van der Waals surface area contributed by atoms with Crippen molar-refractivity contribution in [1.29, 1.82) is 0 Å². The fraction of sp³-hybridized carbons (Fsp3) is 0.349. The highest BCUT2D eigenvalue weighted by molar-refractivity contribution is 6.00. The zero-order valence-corrected chi connectivity index (χ0v) is 31.2. The number of carboxylic acid groups (broad SMARTS) is 1. The summed E-state index contributed by atoms with van der Waals surface area (Å²) in [6.45, 7) is 9.32. The molecule has 55 heavy (non-hydrogen) atoms. The number of carboxylic acids is 1. The van der Waals surface area contributed by atoms with Gasteiger partial charge in [0, 0.05) is 17.7 Å². The minimum atomic E-state index is -5.06. The molecule has 1 aliphatic heterocycles. The quantitative estimate of drug-likeness (QED) is 0.167. The molecule has 0 bridgehead atoms. The molecule has 0 aromatic heterocycles. The molecule has 1 aliphatic carbocycles. The highest BCUT2D eigenvalue weighted by Gasteiger charge is 2.44. The standard InChI is InChI=1S/C43H41F6NO5/c1-23-16-33(24(2)37(36(23)39(51)52)26-10-8-7-9-11-26)27-12-13-35(54-6)34(19-27)32-14-15-41(4,5)21-29(32)22-50-25(3)38(55-40(50)53)28-17-30(42(44,45)46)20-31(18-28)43(47,48)49/h7-13,16-20,25,38H,14-15,21-22H2,1-6H3,(H,51,52)/p-1/t25-,38-/m1/s1. The Morgan fingerprint density at radius 2 is 1.55 bits per heavy atom. The number of hydrogen-bond acceptors (Lipinski definition) is 5. The van der Waals surface area contributed by atoms with Crippen molar-refractivity contribution in [3.63, 3.8) is 0 Å². The number of methoxy groups -OCH3 is 1. The van der Waals surface area contributed by atoms with E-state index < -0.39 is 53.3 Å². The van der Waals surface area contributed by atoms with Gasteiger partial charge in [0.15, 0.2) is 0 Å². The third-order valence-electron chi connectivity index (χ3n) is 10.7. The van der Waals surface area contributed by atoms with Gasteiger partial charge in [0.05, 0.1) is 30.2 Å². The Hall–Kier alpha value is -5.26. The molecule has 1 amide bonds. The molecule has 0 N–H and O–H groups in total. The van der Waals surface area contributed by atoms with Crippen molar-refractivity contribution in [3.05, 3.63) is 117 Å². The molecule has 12 heteroatoms. The van der Waals surface area contributed by atoms with Gasteiger partial charge in [-0.15, -0.1) is 0 Å². The molecule has 4 aromatic carbocycles. The van der Waals surface area contributed by atoms with Crippen LogP contribution in [0.15, 0.2) is 78.4 Å². The van der Waals surface area contributed by atoms with Gasteiger partial charge in [-0.3, -0.25) is 4.90 Å². The van der Waals surface area contributed by atoms with Crippen LogP contribution >= 0.6 is 0 Å². The van der Waals surface area contributed by atoms with Crippen LogP contribution in [0.1, 0.15) is 89.9 Å². The summed E-state index contributed by atoms with van der Waals surface area (Å²) in [5.41, 5.74) is 3.13. The average molecular weight is 765 g/mol. The van der Waals surface area contributed by atoms with E-state index in [1.807, 2.05) is 61.5 Å². The predicted molar refractivity (Wildman–Crippen MR) is 194 cm³/mol. The largest absolute Gasteiger partial charge is 0.545 e. The average Bonchev–Trinajstić information content (AvgIpc) is 3.39. The number of amides is 1. The lowest BCUT2D eigenvalue weighted by molar-refractivity contribution is -0.255. The first-order chi connectivity index (χ1) is 25.7. The molecule has 0 unspecified atom stereocenters. The number of allylic oxidation sites excluding steroid dienone is 1. The van der Waals surface area contributed by atoms with Crippen LogP contribution in [0.2, 0.25) is 0 Å². The van der Waals surface area contributed by atoms with E-state index in [2.05, 4.69) is 13.8 Å². The number of carbonyl (C=O) groups excluding carboxylic acids is 2. The Bertz CT molecular complexity index is 2160. The second-order valence-electron chi connectivity index (χ2n) is 15.1. The van der Waals surface area contributed by atoms with Crippen LogP contribution in [0.25, 0.3) is 27.8 Å². The molecule has 0 radical (unpaired) electrons. The molecule has 2 aliphatic rings. The normalized spacial score (nSPS) is 18.8. The number of nitrogens with zero attached hydrogens (tertiary/aromatic N) is 1. The van der Waals surface area contributed by atoms with Crippen LogP contribution in [0.5, 0.6) is 5.75 Å². The summed E-state index contributed by atoms with van der Waals surface area (Å²) in [5, 5.41) is 12.4. The van der Waals surface area contributed by atoms with E-state index in [0.717, 1.165) is 45.4 Å². The Morgan fingerprint density at radius 3 is 2.13 bits per heavy atom. The number of rotatable bonds is 8. The maximum Gasteiger partial charge on any atom is 0.416 e. The molecule has 1 saturated heterocycles. The van der Waals surface area contributed by atoms with E-state index in [0.29, 0.717) is 41.9 Å². The first-order valence-corrected chi connectivity index (χ1v) is 17.8. The number of cyclic esters (lactones) is 1. The first-order valence-electron chi connectivity index (χ1n) is 17.8. The summed E-state index contributed by atoms with van der Waals surface area (Å²) >= 11 is 0. The molecule has 4 aromatic rings. The van der Waals surface area contributed by atoms with Gasteiger partial charge in [0.2, 0.25) is 0 Å². The maximum atomic E-state index is 13.7.